The normalized spacial score (nSPS) is 11.8. The van der Waals surface area contributed by atoms with Crippen LogP contribution in [0.15, 0.2) is 41.4 Å². The average Bonchev–Trinajstić information content (AvgIpc) is 3.07. The number of fused-ring (bicyclic) bond motifs is 1. The van der Waals surface area contributed by atoms with Gasteiger partial charge in [-0.25, -0.2) is 0 Å². The lowest BCUT2D eigenvalue weighted by Gasteiger charge is -2.07. The number of thiazole rings is 1. The van der Waals surface area contributed by atoms with E-state index >= 15 is 0 Å². The van der Waals surface area contributed by atoms with Gasteiger partial charge in [-0.3, -0.25) is 9.59 Å². The molecule has 0 unspecified atom stereocenters. The van der Waals surface area contributed by atoms with Crippen LogP contribution in [0.5, 0.6) is 11.5 Å². The molecular weight excluding hydrogens is 416 g/mol. The van der Waals surface area contributed by atoms with Gasteiger partial charge in [-0.15, -0.1) is 0 Å². The first kappa shape index (κ1) is 22.3. The number of carbonyl (C=O) groups excluding carboxylic acids is 2. The van der Waals surface area contributed by atoms with Crippen molar-refractivity contribution in [1.29, 1.82) is 0 Å². The summed E-state index contributed by atoms with van der Waals surface area (Å²) in [5.41, 5.74) is 3.83. The summed E-state index contributed by atoms with van der Waals surface area (Å²) >= 11 is 1.36. The zero-order chi connectivity index (χ0) is 22.5. The second-order valence-corrected chi connectivity index (χ2v) is 7.86. The maximum atomic E-state index is 12.5. The topological polar surface area (TPSA) is 79.1 Å². The lowest BCUT2D eigenvalue weighted by Crippen LogP contribution is -2.22. The van der Waals surface area contributed by atoms with Crippen LogP contribution in [0.1, 0.15) is 16.7 Å². The Bertz CT molecular complexity index is 1240. The minimum atomic E-state index is -0.437. The molecule has 0 atom stereocenters. The third-order valence-electron chi connectivity index (χ3n) is 4.84. The molecule has 0 saturated carbocycles. The van der Waals surface area contributed by atoms with Gasteiger partial charge in [0.1, 0.15) is 6.54 Å². The molecular formula is C23H24N2O5S. The summed E-state index contributed by atoms with van der Waals surface area (Å²) in [5.74, 6) is 0.330. The molecule has 8 heteroatoms. The fourth-order valence-corrected chi connectivity index (χ4v) is 4.12. The van der Waals surface area contributed by atoms with Gasteiger partial charge in [-0.2, -0.15) is 4.99 Å². The second kappa shape index (κ2) is 9.61. The highest BCUT2D eigenvalue weighted by Gasteiger charge is 2.12. The van der Waals surface area contributed by atoms with Crippen LogP contribution in [0.2, 0.25) is 0 Å². The van der Waals surface area contributed by atoms with E-state index in [-0.39, 0.29) is 6.54 Å². The van der Waals surface area contributed by atoms with E-state index in [1.54, 1.807) is 37.0 Å². The van der Waals surface area contributed by atoms with Crippen molar-refractivity contribution >= 4 is 39.5 Å². The van der Waals surface area contributed by atoms with Gasteiger partial charge in [0.15, 0.2) is 16.3 Å². The standard InChI is InChI=1S/C23H24N2O5S/c1-14-10-17-20(11-15(14)2)31-23(25(17)13-22(27)30-5)24-21(26)9-7-16-6-8-18(28-3)19(12-16)29-4/h6-12H,13H2,1-5H3. The molecule has 162 valence electrons. The highest BCUT2D eigenvalue weighted by atomic mass is 32.1. The van der Waals surface area contributed by atoms with Gasteiger partial charge in [0.05, 0.1) is 31.5 Å². The van der Waals surface area contributed by atoms with Crippen LogP contribution in [0.3, 0.4) is 0 Å². The Morgan fingerprint density at radius 1 is 1.03 bits per heavy atom. The Labute approximate surface area is 184 Å². The molecule has 3 rings (SSSR count). The van der Waals surface area contributed by atoms with E-state index in [0.29, 0.717) is 16.3 Å². The Balaban J connectivity index is 1.99. The lowest BCUT2D eigenvalue weighted by atomic mass is 10.1. The van der Waals surface area contributed by atoms with Crippen molar-refractivity contribution in [2.75, 3.05) is 21.3 Å². The first-order valence-electron chi connectivity index (χ1n) is 9.52. The summed E-state index contributed by atoms with van der Waals surface area (Å²) in [6, 6.07) is 9.37. The predicted octanol–water partition coefficient (Wildman–Crippen LogP) is 3.65. The fourth-order valence-electron chi connectivity index (χ4n) is 3.01. The molecule has 3 aromatic rings. The van der Waals surface area contributed by atoms with Gasteiger partial charge < -0.3 is 18.8 Å². The number of hydrogen-bond donors (Lipinski definition) is 0. The molecule has 2 aromatic carbocycles. The van der Waals surface area contributed by atoms with Crippen molar-refractivity contribution in [1.82, 2.24) is 4.57 Å². The fraction of sp³-hybridized carbons (Fsp3) is 0.261. The van der Waals surface area contributed by atoms with Crippen LogP contribution in [0.4, 0.5) is 0 Å². The Morgan fingerprint density at radius 2 is 1.74 bits per heavy atom. The number of hydrogen-bond acceptors (Lipinski definition) is 6. The van der Waals surface area contributed by atoms with Crippen LogP contribution in [-0.4, -0.2) is 37.8 Å². The molecule has 0 N–H and O–H groups in total. The summed E-state index contributed by atoms with van der Waals surface area (Å²) in [6.45, 7) is 4.00. The molecule has 0 radical (unpaired) electrons. The van der Waals surface area contributed by atoms with Crippen molar-refractivity contribution in [3.05, 3.63) is 57.9 Å². The van der Waals surface area contributed by atoms with E-state index in [2.05, 4.69) is 4.99 Å². The second-order valence-electron chi connectivity index (χ2n) is 6.85. The van der Waals surface area contributed by atoms with E-state index < -0.39 is 11.9 Å². The van der Waals surface area contributed by atoms with E-state index in [4.69, 9.17) is 14.2 Å². The lowest BCUT2D eigenvalue weighted by molar-refractivity contribution is -0.141. The first-order valence-corrected chi connectivity index (χ1v) is 10.3. The van der Waals surface area contributed by atoms with E-state index in [1.807, 2.05) is 32.0 Å². The monoisotopic (exact) mass is 440 g/mol. The van der Waals surface area contributed by atoms with Crippen molar-refractivity contribution in [3.63, 3.8) is 0 Å². The highest BCUT2D eigenvalue weighted by molar-refractivity contribution is 7.16. The number of amides is 1. The van der Waals surface area contributed by atoms with Gasteiger partial charge in [0.2, 0.25) is 0 Å². The number of esters is 1. The minimum Gasteiger partial charge on any atom is -0.493 e. The maximum Gasteiger partial charge on any atom is 0.325 e. The van der Waals surface area contributed by atoms with Crippen molar-refractivity contribution in [2.45, 2.75) is 20.4 Å². The van der Waals surface area contributed by atoms with Crippen molar-refractivity contribution in [2.24, 2.45) is 4.99 Å². The number of ether oxygens (including phenoxy) is 3. The molecule has 0 aliphatic heterocycles. The number of benzene rings is 2. The molecule has 1 heterocycles. The number of aromatic nitrogens is 1. The van der Waals surface area contributed by atoms with E-state index in [9.17, 15) is 9.59 Å². The molecule has 1 aromatic heterocycles. The van der Waals surface area contributed by atoms with Crippen LogP contribution < -0.4 is 14.3 Å². The summed E-state index contributed by atoms with van der Waals surface area (Å²) in [5, 5.41) is 0. The number of methoxy groups -OCH3 is 3. The molecule has 0 aliphatic carbocycles. The smallest absolute Gasteiger partial charge is 0.325 e. The van der Waals surface area contributed by atoms with Crippen LogP contribution >= 0.6 is 11.3 Å². The van der Waals surface area contributed by atoms with Crippen LogP contribution in [0.25, 0.3) is 16.3 Å². The number of rotatable bonds is 6. The molecule has 0 spiro atoms. The Kier molecular flexibility index (Phi) is 6.91. The maximum absolute atomic E-state index is 12.5. The number of nitrogens with zero attached hydrogens (tertiary/aromatic N) is 2. The zero-order valence-corrected chi connectivity index (χ0v) is 18.9. The predicted molar refractivity (Wildman–Crippen MR) is 120 cm³/mol. The van der Waals surface area contributed by atoms with Gasteiger partial charge in [-0.05, 0) is 60.9 Å². The van der Waals surface area contributed by atoms with Gasteiger partial charge >= 0.3 is 5.97 Å². The third kappa shape index (κ3) is 5.03. The average molecular weight is 441 g/mol. The minimum absolute atomic E-state index is 0.0233. The molecule has 7 nitrogen and oxygen atoms in total. The SMILES string of the molecule is COC(=O)Cn1c(=NC(=O)C=Cc2ccc(OC)c(OC)c2)sc2cc(C)c(C)cc21. The molecule has 0 bridgehead atoms. The van der Waals surface area contributed by atoms with Crippen molar-refractivity contribution < 1.29 is 23.8 Å². The molecule has 0 saturated heterocycles. The van der Waals surface area contributed by atoms with E-state index in [0.717, 1.165) is 26.9 Å². The first-order chi connectivity index (χ1) is 14.9. The summed E-state index contributed by atoms with van der Waals surface area (Å²) < 4.78 is 18.0. The van der Waals surface area contributed by atoms with Crippen LogP contribution in [-0.2, 0) is 20.9 Å². The number of aryl methyl sites for hydroxylation is 2. The largest absolute Gasteiger partial charge is 0.493 e. The molecule has 31 heavy (non-hydrogen) atoms. The quantitative estimate of drug-likeness (QED) is 0.432. The van der Waals surface area contributed by atoms with Gasteiger partial charge in [-0.1, -0.05) is 17.4 Å². The van der Waals surface area contributed by atoms with E-state index in [1.165, 1.54) is 24.5 Å². The van der Waals surface area contributed by atoms with Crippen molar-refractivity contribution in [3.8, 4) is 11.5 Å². The van der Waals surface area contributed by atoms with Gasteiger partial charge in [0.25, 0.3) is 5.91 Å². The Hall–Kier alpha value is -3.39. The Morgan fingerprint density at radius 3 is 2.42 bits per heavy atom. The molecule has 1 amide bonds. The molecule has 0 aliphatic rings. The molecule has 0 fully saturated rings. The summed E-state index contributed by atoms with van der Waals surface area (Å²) in [4.78, 5) is 29.1. The third-order valence-corrected chi connectivity index (χ3v) is 5.89. The summed E-state index contributed by atoms with van der Waals surface area (Å²) in [6.07, 6.45) is 3.03. The number of carbonyl (C=O) groups is 2. The van der Waals surface area contributed by atoms with Gasteiger partial charge in [0, 0.05) is 6.08 Å². The van der Waals surface area contributed by atoms with Crippen LogP contribution in [0, 0.1) is 13.8 Å². The summed E-state index contributed by atoms with van der Waals surface area (Å²) in [7, 11) is 4.45. The zero-order valence-electron chi connectivity index (χ0n) is 18.1. The highest BCUT2D eigenvalue weighted by Crippen LogP contribution is 2.28.